The summed E-state index contributed by atoms with van der Waals surface area (Å²) < 4.78 is 47.7. The number of fused-ring (bicyclic) bond motifs is 1. The molecule has 146 valence electrons. The SMILES string of the molecule is CC(C)(OC(=O)Nc1ccc2c(c1)NCCO2)C(F)(F)F.CNC(C)=O. The Kier molecular flexibility index (Phi) is 7.10. The van der Waals surface area contributed by atoms with E-state index in [-0.39, 0.29) is 5.91 Å². The maximum atomic E-state index is 12.6. The highest BCUT2D eigenvalue weighted by molar-refractivity contribution is 5.86. The molecule has 0 aliphatic carbocycles. The van der Waals surface area contributed by atoms with Gasteiger partial charge in [0.15, 0.2) is 0 Å². The molecule has 26 heavy (non-hydrogen) atoms. The highest BCUT2D eigenvalue weighted by Gasteiger charge is 2.50. The predicted molar refractivity (Wildman–Crippen MR) is 90.4 cm³/mol. The van der Waals surface area contributed by atoms with Gasteiger partial charge in [0.2, 0.25) is 11.5 Å². The van der Waals surface area contributed by atoms with Crippen LogP contribution in [0.25, 0.3) is 0 Å². The second kappa shape index (κ2) is 8.63. The van der Waals surface area contributed by atoms with Crippen molar-refractivity contribution >= 4 is 23.4 Å². The van der Waals surface area contributed by atoms with E-state index in [4.69, 9.17) is 4.74 Å². The van der Waals surface area contributed by atoms with Crippen LogP contribution in [0.4, 0.5) is 29.3 Å². The Balaban J connectivity index is 0.000000597. The number of nitrogens with one attached hydrogen (secondary N) is 3. The summed E-state index contributed by atoms with van der Waals surface area (Å²) in [5.41, 5.74) is -1.59. The molecule has 2 amide bonds. The van der Waals surface area contributed by atoms with Crippen LogP contribution >= 0.6 is 0 Å². The first-order valence-corrected chi connectivity index (χ1v) is 7.72. The second-order valence-electron chi connectivity index (χ2n) is 5.81. The summed E-state index contributed by atoms with van der Waals surface area (Å²) in [6.45, 7) is 4.19. The Morgan fingerprint density at radius 2 is 1.88 bits per heavy atom. The second-order valence-corrected chi connectivity index (χ2v) is 5.81. The third-order valence-electron chi connectivity index (χ3n) is 3.28. The summed E-state index contributed by atoms with van der Waals surface area (Å²) in [6.07, 6.45) is -5.82. The molecule has 0 fully saturated rings. The van der Waals surface area contributed by atoms with Crippen LogP contribution < -0.4 is 20.7 Å². The number of hydrogen-bond acceptors (Lipinski definition) is 5. The number of carbonyl (C=O) groups excluding carboxylic acids is 2. The lowest BCUT2D eigenvalue weighted by Crippen LogP contribution is -2.44. The van der Waals surface area contributed by atoms with Gasteiger partial charge in [0, 0.05) is 26.2 Å². The van der Waals surface area contributed by atoms with Gasteiger partial charge in [0.1, 0.15) is 12.4 Å². The van der Waals surface area contributed by atoms with Crippen molar-refractivity contribution in [2.75, 3.05) is 30.8 Å². The Hall–Kier alpha value is -2.65. The fraction of sp³-hybridized carbons (Fsp3) is 0.500. The molecule has 1 aliphatic rings. The maximum Gasteiger partial charge on any atom is 0.427 e. The van der Waals surface area contributed by atoms with Crippen molar-refractivity contribution in [3.63, 3.8) is 0 Å². The molecule has 0 radical (unpaired) electrons. The van der Waals surface area contributed by atoms with Gasteiger partial charge >= 0.3 is 12.3 Å². The summed E-state index contributed by atoms with van der Waals surface area (Å²) in [6, 6.07) is 4.70. The number of carbonyl (C=O) groups is 2. The van der Waals surface area contributed by atoms with E-state index in [2.05, 4.69) is 20.7 Å². The number of amides is 2. The van der Waals surface area contributed by atoms with Crippen LogP contribution in [0.15, 0.2) is 18.2 Å². The standard InChI is InChI=1S/C13H15F3N2O3.C3H7NO/c1-12(2,13(14,15)16)21-11(19)18-8-3-4-10-9(7-8)17-5-6-20-10;1-3(5)4-2/h3-4,7,17H,5-6H2,1-2H3,(H,18,19);1-2H3,(H,4,5). The van der Waals surface area contributed by atoms with E-state index in [1.165, 1.54) is 13.0 Å². The molecule has 7 nitrogen and oxygen atoms in total. The Morgan fingerprint density at radius 1 is 1.27 bits per heavy atom. The normalized spacial score (nSPS) is 13.0. The topological polar surface area (TPSA) is 88.7 Å². The predicted octanol–water partition coefficient (Wildman–Crippen LogP) is 3.13. The minimum absolute atomic E-state index is 0.00463. The highest BCUT2D eigenvalue weighted by Crippen LogP contribution is 2.34. The summed E-state index contributed by atoms with van der Waals surface area (Å²) in [5, 5.41) is 7.70. The molecule has 0 saturated carbocycles. The third kappa shape index (κ3) is 6.34. The van der Waals surface area contributed by atoms with Gasteiger partial charge in [-0.25, -0.2) is 4.79 Å². The first-order chi connectivity index (χ1) is 12.0. The zero-order chi connectivity index (χ0) is 20.0. The van der Waals surface area contributed by atoms with E-state index < -0.39 is 17.9 Å². The highest BCUT2D eigenvalue weighted by atomic mass is 19.4. The zero-order valence-corrected chi connectivity index (χ0v) is 14.9. The molecule has 0 bridgehead atoms. The van der Waals surface area contributed by atoms with Crippen molar-refractivity contribution in [3.8, 4) is 5.75 Å². The summed E-state index contributed by atoms with van der Waals surface area (Å²) in [5.74, 6) is 0.626. The van der Waals surface area contributed by atoms with E-state index in [0.717, 1.165) is 13.8 Å². The van der Waals surface area contributed by atoms with Gasteiger partial charge in [-0.3, -0.25) is 10.1 Å². The summed E-state index contributed by atoms with van der Waals surface area (Å²) >= 11 is 0. The van der Waals surface area contributed by atoms with Crippen LogP contribution in [0.3, 0.4) is 0 Å². The average molecular weight is 377 g/mol. The van der Waals surface area contributed by atoms with Gasteiger partial charge in [-0.1, -0.05) is 0 Å². The fourth-order valence-corrected chi connectivity index (χ4v) is 1.65. The van der Waals surface area contributed by atoms with Gasteiger partial charge in [-0.2, -0.15) is 13.2 Å². The van der Waals surface area contributed by atoms with E-state index >= 15 is 0 Å². The largest absolute Gasteiger partial charge is 0.490 e. The van der Waals surface area contributed by atoms with E-state index in [1.807, 2.05) is 0 Å². The van der Waals surface area contributed by atoms with Gasteiger partial charge in [-0.15, -0.1) is 0 Å². The van der Waals surface area contributed by atoms with Crippen LogP contribution in [-0.2, 0) is 9.53 Å². The molecule has 2 rings (SSSR count). The van der Waals surface area contributed by atoms with Crippen LogP contribution in [0.5, 0.6) is 5.75 Å². The molecule has 0 saturated heterocycles. The third-order valence-corrected chi connectivity index (χ3v) is 3.28. The van der Waals surface area contributed by atoms with E-state index in [1.54, 1.807) is 19.2 Å². The lowest BCUT2D eigenvalue weighted by atomic mass is 10.1. The molecule has 0 aromatic heterocycles. The number of alkyl halides is 3. The van der Waals surface area contributed by atoms with Crippen molar-refractivity contribution in [1.29, 1.82) is 0 Å². The lowest BCUT2D eigenvalue weighted by Gasteiger charge is -2.27. The molecule has 0 atom stereocenters. The lowest BCUT2D eigenvalue weighted by molar-refractivity contribution is -0.242. The number of halogens is 3. The van der Waals surface area contributed by atoms with E-state index in [0.29, 0.717) is 30.3 Å². The number of anilines is 2. The smallest absolute Gasteiger partial charge is 0.427 e. The van der Waals surface area contributed by atoms with Crippen molar-refractivity contribution < 1.29 is 32.2 Å². The van der Waals surface area contributed by atoms with Crippen molar-refractivity contribution in [3.05, 3.63) is 18.2 Å². The molecule has 1 aromatic carbocycles. The maximum absolute atomic E-state index is 12.6. The van der Waals surface area contributed by atoms with Crippen LogP contribution in [0, 0.1) is 0 Å². The zero-order valence-electron chi connectivity index (χ0n) is 14.9. The number of ether oxygens (including phenoxy) is 2. The first-order valence-electron chi connectivity index (χ1n) is 7.72. The quantitative estimate of drug-likeness (QED) is 0.737. The van der Waals surface area contributed by atoms with Crippen molar-refractivity contribution in [1.82, 2.24) is 5.32 Å². The molecular formula is C16H22F3N3O4. The van der Waals surface area contributed by atoms with Gasteiger partial charge < -0.3 is 20.1 Å². The van der Waals surface area contributed by atoms with E-state index in [9.17, 15) is 22.8 Å². The van der Waals surface area contributed by atoms with Crippen LogP contribution in [0.2, 0.25) is 0 Å². The molecule has 0 unspecified atom stereocenters. The summed E-state index contributed by atoms with van der Waals surface area (Å²) in [7, 11) is 1.60. The molecule has 3 N–H and O–H groups in total. The molecule has 10 heteroatoms. The minimum Gasteiger partial charge on any atom is -0.490 e. The number of rotatable bonds is 2. The van der Waals surface area contributed by atoms with Gasteiger partial charge in [0.25, 0.3) is 0 Å². The fourth-order valence-electron chi connectivity index (χ4n) is 1.65. The molecule has 1 aromatic rings. The number of hydrogen-bond donors (Lipinski definition) is 3. The van der Waals surface area contributed by atoms with Gasteiger partial charge in [-0.05, 0) is 32.0 Å². The van der Waals surface area contributed by atoms with Gasteiger partial charge in [0.05, 0.1) is 5.69 Å². The first kappa shape index (κ1) is 21.4. The summed E-state index contributed by atoms with van der Waals surface area (Å²) in [4.78, 5) is 21.3. The van der Waals surface area contributed by atoms with Crippen LogP contribution in [0.1, 0.15) is 20.8 Å². The minimum atomic E-state index is -4.64. The average Bonchev–Trinajstić information content (AvgIpc) is 2.53. The Bertz CT molecular complexity index is 648. The Morgan fingerprint density at radius 3 is 2.42 bits per heavy atom. The Labute approximate surface area is 149 Å². The molecule has 0 spiro atoms. The molecule has 1 aliphatic heterocycles. The van der Waals surface area contributed by atoms with Crippen molar-refractivity contribution in [2.24, 2.45) is 0 Å². The van der Waals surface area contributed by atoms with Crippen LogP contribution in [-0.4, -0.2) is 44.0 Å². The number of benzene rings is 1. The monoisotopic (exact) mass is 377 g/mol. The molecular weight excluding hydrogens is 355 g/mol. The van der Waals surface area contributed by atoms with Crippen molar-refractivity contribution in [2.45, 2.75) is 32.5 Å². The molecule has 1 heterocycles.